The molecule has 0 saturated carbocycles. The van der Waals surface area contributed by atoms with Gasteiger partial charge in [0.05, 0.1) is 6.61 Å². The minimum Gasteiger partial charge on any atom is -0.395 e. The highest BCUT2D eigenvalue weighted by Gasteiger charge is 2.20. The number of rotatable bonds is 6. The molecule has 0 atom stereocenters. The summed E-state index contributed by atoms with van der Waals surface area (Å²) in [5.41, 5.74) is 1.74. The number of halogens is 1. The smallest absolute Gasteiger partial charge is 0.129 e. The van der Waals surface area contributed by atoms with Crippen molar-refractivity contribution in [3.05, 3.63) is 29.6 Å². The van der Waals surface area contributed by atoms with Gasteiger partial charge in [0.15, 0.2) is 0 Å². The van der Waals surface area contributed by atoms with Gasteiger partial charge in [0.1, 0.15) is 5.82 Å². The van der Waals surface area contributed by atoms with Crippen LogP contribution in [-0.4, -0.2) is 55.4 Å². The van der Waals surface area contributed by atoms with Gasteiger partial charge in [-0.25, -0.2) is 4.39 Å². The summed E-state index contributed by atoms with van der Waals surface area (Å²) in [6, 6.07) is 5.65. The van der Waals surface area contributed by atoms with E-state index in [9.17, 15) is 4.39 Å². The molecule has 0 spiro atoms. The van der Waals surface area contributed by atoms with Crippen molar-refractivity contribution in [2.75, 3.05) is 44.2 Å². The molecule has 1 aromatic rings. The molecule has 0 aromatic heterocycles. The maximum absolute atomic E-state index is 14.1. The Morgan fingerprint density at radius 1 is 1.24 bits per heavy atom. The van der Waals surface area contributed by atoms with E-state index in [1.165, 1.54) is 6.07 Å². The minimum absolute atomic E-state index is 0.140. The number of piperazine rings is 1. The predicted molar refractivity (Wildman–Crippen MR) is 84.1 cm³/mol. The lowest BCUT2D eigenvalue weighted by Gasteiger charge is -2.36. The number of anilines is 1. The largest absolute Gasteiger partial charge is 0.395 e. The quantitative estimate of drug-likeness (QED) is 0.833. The van der Waals surface area contributed by atoms with Crippen molar-refractivity contribution in [3.63, 3.8) is 0 Å². The summed E-state index contributed by atoms with van der Waals surface area (Å²) in [4.78, 5) is 4.48. The van der Waals surface area contributed by atoms with E-state index >= 15 is 0 Å². The first-order valence-corrected chi connectivity index (χ1v) is 7.70. The monoisotopic (exact) mass is 295 g/mol. The molecule has 1 fully saturated rings. The van der Waals surface area contributed by atoms with Crippen molar-refractivity contribution in [2.24, 2.45) is 0 Å². The van der Waals surface area contributed by atoms with Crippen LogP contribution in [0.4, 0.5) is 10.1 Å². The van der Waals surface area contributed by atoms with Crippen molar-refractivity contribution in [1.82, 2.24) is 10.2 Å². The lowest BCUT2D eigenvalue weighted by molar-refractivity contribution is 0.188. The minimum atomic E-state index is -0.140. The number of hydrogen-bond donors (Lipinski definition) is 2. The number of hydrogen-bond acceptors (Lipinski definition) is 4. The Morgan fingerprint density at radius 3 is 2.57 bits per heavy atom. The average Bonchev–Trinajstić information content (AvgIpc) is 2.47. The van der Waals surface area contributed by atoms with E-state index in [0.29, 0.717) is 12.6 Å². The first-order chi connectivity index (χ1) is 10.1. The second kappa shape index (κ2) is 7.73. The van der Waals surface area contributed by atoms with Gasteiger partial charge in [0.25, 0.3) is 0 Å². The molecule has 2 rings (SSSR count). The molecular weight excluding hydrogens is 269 g/mol. The number of aliphatic hydroxyl groups excluding tert-OH is 1. The zero-order valence-corrected chi connectivity index (χ0v) is 13.0. The zero-order chi connectivity index (χ0) is 15.2. The second-order valence-corrected chi connectivity index (χ2v) is 5.83. The Kier molecular flexibility index (Phi) is 5.96. The Hall–Kier alpha value is -1.17. The van der Waals surface area contributed by atoms with Gasteiger partial charge in [-0.15, -0.1) is 0 Å². The summed E-state index contributed by atoms with van der Waals surface area (Å²) in [5.74, 6) is -0.140. The summed E-state index contributed by atoms with van der Waals surface area (Å²) in [6.45, 7) is 9.17. The number of nitrogens with zero attached hydrogens (tertiary/aromatic N) is 2. The van der Waals surface area contributed by atoms with E-state index < -0.39 is 0 Å². The molecular formula is C16H26FN3O. The molecule has 0 unspecified atom stereocenters. The molecule has 4 nitrogen and oxygen atoms in total. The van der Waals surface area contributed by atoms with Gasteiger partial charge < -0.3 is 15.3 Å². The summed E-state index contributed by atoms with van der Waals surface area (Å²) in [6.07, 6.45) is 0. The fraction of sp³-hybridized carbons (Fsp3) is 0.625. The van der Waals surface area contributed by atoms with Crippen LogP contribution in [-0.2, 0) is 6.54 Å². The molecule has 118 valence electrons. The number of β-amino-alcohol motifs (C(OH)–C–C–N with tert-alkyl or cyclic N) is 1. The predicted octanol–water partition coefficient (Wildman–Crippen LogP) is 1.44. The molecule has 21 heavy (non-hydrogen) atoms. The average molecular weight is 295 g/mol. The molecule has 1 aliphatic heterocycles. The zero-order valence-electron chi connectivity index (χ0n) is 13.0. The van der Waals surface area contributed by atoms with Gasteiger partial charge in [-0.05, 0) is 12.1 Å². The maximum atomic E-state index is 14.1. The molecule has 0 amide bonds. The molecule has 1 saturated heterocycles. The highest BCUT2D eigenvalue weighted by Crippen LogP contribution is 2.24. The molecule has 1 heterocycles. The van der Waals surface area contributed by atoms with Crippen LogP contribution in [0.5, 0.6) is 0 Å². The van der Waals surface area contributed by atoms with Crippen molar-refractivity contribution >= 4 is 5.69 Å². The van der Waals surface area contributed by atoms with Gasteiger partial charge in [-0.1, -0.05) is 19.9 Å². The highest BCUT2D eigenvalue weighted by molar-refractivity contribution is 5.54. The molecule has 2 N–H and O–H groups in total. The maximum Gasteiger partial charge on any atom is 0.129 e. The van der Waals surface area contributed by atoms with E-state index in [1.54, 1.807) is 6.07 Å². The second-order valence-electron chi connectivity index (χ2n) is 5.83. The van der Waals surface area contributed by atoms with Crippen LogP contribution in [0.1, 0.15) is 19.4 Å². The fourth-order valence-corrected chi connectivity index (χ4v) is 2.68. The van der Waals surface area contributed by atoms with Crippen molar-refractivity contribution in [3.8, 4) is 0 Å². The third-order valence-electron chi connectivity index (χ3n) is 3.91. The molecule has 0 radical (unpaired) electrons. The van der Waals surface area contributed by atoms with Crippen LogP contribution in [0.2, 0.25) is 0 Å². The van der Waals surface area contributed by atoms with Gasteiger partial charge >= 0.3 is 0 Å². The van der Waals surface area contributed by atoms with Crippen LogP contribution in [0.25, 0.3) is 0 Å². The van der Waals surface area contributed by atoms with Crippen molar-refractivity contribution in [2.45, 2.75) is 26.4 Å². The Morgan fingerprint density at radius 2 is 1.95 bits per heavy atom. The topological polar surface area (TPSA) is 38.7 Å². The van der Waals surface area contributed by atoms with E-state index in [0.717, 1.165) is 44.0 Å². The van der Waals surface area contributed by atoms with Gasteiger partial charge in [0, 0.05) is 56.6 Å². The molecule has 1 aliphatic rings. The molecule has 1 aromatic carbocycles. The van der Waals surface area contributed by atoms with Crippen LogP contribution in [0, 0.1) is 5.82 Å². The van der Waals surface area contributed by atoms with E-state index in [-0.39, 0.29) is 12.4 Å². The standard InChI is InChI=1S/C16H26FN3O/c1-13(2)18-12-14-15(17)4-3-5-16(14)20-8-6-19(7-9-20)10-11-21/h3-5,13,18,21H,6-12H2,1-2H3. The molecule has 5 heteroatoms. The molecule has 0 aliphatic carbocycles. The Balaban J connectivity index is 2.07. The number of aliphatic hydroxyl groups is 1. The molecule has 0 bridgehead atoms. The number of nitrogens with one attached hydrogen (secondary N) is 1. The van der Waals surface area contributed by atoms with E-state index in [1.807, 2.05) is 6.07 Å². The van der Waals surface area contributed by atoms with Crippen molar-refractivity contribution < 1.29 is 9.50 Å². The van der Waals surface area contributed by atoms with E-state index in [4.69, 9.17) is 5.11 Å². The lowest BCUT2D eigenvalue weighted by atomic mass is 10.1. The van der Waals surface area contributed by atoms with Gasteiger partial charge in [0.2, 0.25) is 0 Å². The van der Waals surface area contributed by atoms with Crippen LogP contribution >= 0.6 is 0 Å². The lowest BCUT2D eigenvalue weighted by Crippen LogP contribution is -2.47. The SMILES string of the molecule is CC(C)NCc1c(F)cccc1N1CCN(CCO)CC1. The Bertz CT molecular complexity index is 445. The number of benzene rings is 1. The van der Waals surface area contributed by atoms with E-state index in [2.05, 4.69) is 29.0 Å². The normalized spacial score (nSPS) is 16.7. The van der Waals surface area contributed by atoms with Crippen molar-refractivity contribution in [1.29, 1.82) is 0 Å². The van der Waals surface area contributed by atoms with Crippen LogP contribution < -0.4 is 10.2 Å². The van der Waals surface area contributed by atoms with Gasteiger partial charge in [-0.3, -0.25) is 4.90 Å². The van der Waals surface area contributed by atoms with Gasteiger partial charge in [-0.2, -0.15) is 0 Å². The first-order valence-electron chi connectivity index (χ1n) is 7.70. The van der Waals surface area contributed by atoms with Crippen LogP contribution in [0.3, 0.4) is 0 Å². The third-order valence-corrected chi connectivity index (χ3v) is 3.91. The summed E-state index contributed by atoms with van der Waals surface area (Å²) in [7, 11) is 0. The fourth-order valence-electron chi connectivity index (χ4n) is 2.68. The first kappa shape index (κ1) is 16.2. The summed E-state index contributed by atoms with van der Waals surface area (Å²) >= 11 is 0. The Labute approximate surface area is 126 Å². The summed E-state index contributed by atoms with van der Waals surface area (Å²) in [5, 5.41) is 12.3. The highest BCUT2D eigenvalue weighted by atomic mass is 19.1. The summed E-state index contributed by atoms with van der Waals surface area (Å²) < 4.78 is 14.1. The third kappa shape index (κ3) is 4.40. The van der Waals surface area contributed by atoms with Crippen LogP contribution in [0.15, 0.2) is 18.2 Å².